The van der Waals surface area contributed by atoms with E-state index in [1.807, 2.05) is 31.2 Å². The fourth-order valence-electron chi connectivity index (χ4n) is 4.13. The number of halogens is 1. The van der Waals surface area contributed by atoms with Crippen molar-refractivity contribution in [3.8, 4) is 5.75 Å². The van der Waals surface area contributed by atoms with Crippen LogP contribution in [-0.2, 0) is 20.9 Å². The maximum absolute atomic E-state index is 13.5. The number of amides is 1. The predicted octanol–water partition coefficient (Wildman–Crippen LogP) is 4.78. The highest BCUT2D eigenvalue weighted by Crippen LogP contribution is 2.39. The molecule has 0 aromatic heterocycles. The summed E-state index contributed by atoms with van der Waals surface area (Å²) in [4.78, 5) is 27.1. The highest BCUT2D eigenvalue weighted by molar-refractivity contribution is 6.46. The molecule has 1 N–H and O–H groups in total. The van der Waals surface area contributed by atoms with Crippen molar-refractivity contribution in [1.29, 1.82) is 0 Å². The van der Waals surface area contributed by atoms with Crippen molar-refractivity contribution in [2.45, 2.75) is 19.6 Å². The summed E-state index contributed by atoms with van der Waals surface area (Å²) in [5.74, 6) is -1.69. The second-order valence-corrected chi connectivity index (χ2v) is 8.34. The second-order valence-electron chi connectivity index (χ2n) is 8.34. The lowest BCUT2D eigenvalue weighted by atomic mass is 9.95. The van der Waals surface area contributed by atoms with Crippen molar-refractivity contribution in [1.82, 2.24) is 4.90 Å². The molecular weight excluding hydrogens is 449 g/mol. The molecule has 1 heterocycles. The monoisotopic (exact) mass is 475 g/mol. The zero-order valence-electron chi connectivity index (χ0n) is 19.5. The van der Waals surface area contributed by atoms with Gasteiger partial charge < -0.3 is 19.5 Å². The Morgan fingerprint density at radius 1 is 1.03 bits per heavy atom. The van der Waals surface area contributed by atoms with Crippen molar-refractivity contribution < 1.29 is 28.6 Å². The van der Waals surface area contributed by atoms with Crippen LogP contribution < -0.4 is 4.74 Å². The van der Waals surface area contributed by atoms with E-state index in [9.17, 15) is 19.1 Å². The zero-order chi connectivity index (χ0) is 24.9. The van der Waals surface area contributed by atoms with Gasteiger partial charge in [0.25, 0.3) is 11.7 Å². The maximum atomic E-state index is 13.5. The average Bonchev–Trinajstić information content (AvgIpc) is 3.11. The molecule has 1 saturated heterocycles. The van der Waals surface area contributed by atoms with Crippen LogP contribution in [0.3, 0.4) is 0 Å². The lowest BCUT2D eigenvalue weighted by Gasteiger charge is -2.25. The lowest BCUT2D eigenvalue weighted by molar-refractivity contribution is -0.140. The molecule has 0 bridgehead atoms. The predicted molar refractivity (Wildman–Crippen MR) is 129 cm³/mol. The number of likely N-dealkylation sites (tertiary alicyclic amines) is 1. The van der Waals surface area contributed by atoms with Gasteiger partial charge in [-0.3, -0.25) is 9.59 Å². The van der Waals surface area contributed by atoms with Crippen molar-refractivity contribution in [2.75, 3.05) is 20.3 Å². The van der Waals surface area contributed by atoms with E-state index in [1.165, 1.54) is 36.3 Å². The van der Waals surface area contributed by atoms with Gasteiger partial charge >= 0.3 is 0 Å². The molecule has 35 heavy (non-hydrogen) atoms. The Kier molecular flexibility index (Phi) is 7.27. The standard InChI is InChI=1S/C28H26FNO5/c1-18-4-3-5-19(16-18)17-35-23-12-8-21(9-13-23)26(31)24-25(20-6-10-22(29)11-7-20)30(14-15-34-2)28(33)27(24)32/h3-13,16,25,31H,14-15,17H2,1-2H3/t25-/m1/s1. The summed E-state index contributed by atoms with van der Waals surface area (Å²) in [6, 6.07) is 19.3. The number of benzene rings is 3. The number of hydrogen-bond donors (Lipinski definition) is 1. The molecule has 180 valence electrons. The van der Waals surface area contributed by atoms with E-state index in [0.29, 0.717) is 23.5 Å². The molecular formula is C28H26FNO5. The van der Waals surface area contributed by atoms with Crippen LogP contribution in [0.2, 0.25) is 0 Å². The number of carbonyl (C=O) groups is 2. The van der Waals surface area contributed by atoms with E-state index in [0.717, 1.165) is 11.1 Å². The first-order chi connectivity index (χ1) is 16.9. The Labute approximate surface area is 203 Å². The van der Waals surface area contributed by atoms with Crippen LogP contribution in [0.15, 0.2) is 78.4 Å². The van der Waals surface area contributed by atoms with Crippen LogP contribution in [0.25, 0.3) is 5.76 Å². The summed E-state index contributed by atoms with van der Waals surface area (Å²) in [5, 5.41) is 11.1. The van der Waals surface area contributed by atoms with Crippen LogP contribution in [0.1, 0.15) is 28.3 Å². The van der Waals surface area contributed by atoms with Gasteiger partial charge in [-0.1, -0.05) is 42.0 Å². The molecule has 1 aliphatic heterocycles. The van der Waals surface area contributed by atoms with Gasteiger partial charge in [0.05, 0.1) is 18.2 Å². The number of carbonyl (C=O) groups excluding carboxylic acids is 2. The Morgan fingerprint density at radius 3 is 2.40 bits per heavy atom. The largest absolute Gasteiger partial charge is 0.507 e. The van der Waals surface area contributed by atoms with Gasteiger partial charge in [0.1, 0.15) is 23.9 Å². The number of ether oxygens (including phenoxy) is 2. The number of aliphatic hydroxyl groups is 1. The number of hydrogen-bond acceptors (Lipinski definition) is 5. The van der Waals surface area contributed by atoms with Crippen molar-refractivity contribution in [3.63, 3.8) is 0 Å². The van der Waals surface area contributed by atoms with Crippen molar-refractivity contribution >= 4 is 17.4 Å². The van der Waals surface area contributed by atoms with Gasteiger partial charge in [-0.05, 0) is 54.4 Å². The van der Waals surface area contributed by atoms with E-state index in [-0.39, 0.29) is 24.5 Å². The summed E-state index contributed by atoms with van der Waals surface area (Å²) < 4.78 is 24.5. The summed E-state index contributed by atoms with van der Waals surface area (Å²) in [7, 11) is 1.49. The third kappa shape index (κ3) is 5.25. The van der Waals surface area contributed by atoms with Gasteiger partial charge in [-0.15, -0.1) is 0 Å². The van der Waals surface area contributed by atoms with Crippen LogP contribution >= 0.6 is 0 Å². The minimum absolute atomic E-state index is 0.0499. The van der Waals surface area contributed by atoms with Crippen LogP contribution in [0, 0.1) is 12.7 Å². The molecule has 0 spiro atoms. The summed E-state index contributed by atoms with van der Waals surface area (Å²) in [6.45, 7) is 2.75. The minimum atomic E-state index is -0.858. The second kappa shape index (κ2) is 10.5. The highest BCUT2D eigenvalue weighted by Gasteiger charge is 2.45. The number of Topliss-reactive ketones (excluding diaryl/α,β-unsaturated/α-hetero) is 1. The average molecular weight is 476 g/mol. The Hall–Kier alpha value is -3.97. The molecule has 6 nitrogen and oxygen atoms in total. The molecule has 0 unspecified atom stereocenters. The summed E-state index contributed by atoms with van der Waals surface area (Å²) in [6.07, 6.45) is 0. The maximum Gasteiger partial charge on any atom is 0.295 e. The number of aliphatic hydroxyl groups excluding tert-OH is 1. The molecule has 0 saturated carbocycles. The Morgan fingerprint density at radius 2 is 1.74 bits per heavy atom. The number of aryl methyl sites for hydroxylation is 1. The molecule has 1 fully saturated rings. The van der Waals surface area contributed by atoms with E-state index >= 15 is 0 Å². The first-order valence-corrected chi connectivity index (χ1v) is 11.2. The third-order valence-electron chi connectivity index (χ3n) is 5.88. The zero-order valence-corrected chi connectivity index (χ0v) is 19.5. The summed E-state index contributed by atoms with van der Waals surface area (Å²) >= 11 is 0. The highest BCUT2D eigenvalue weighted by atomic mass is 19.1. The molecule has 3 aromatic rings. The molecule has 1 aliphatic rings. The normalized spacial score (nSPS) is 17.1. The number of methoxy groups -OCH3 is 1. The number of nitrogens with zero attached hydrogens (tertiary/aromatic N) is 1. The van der Waals surface area contributed by atoms with E-state index in [2.05, 4.69) is 0 Å². The molecule has 1 amide bonds. The third-order valence-corrected chi connectivity index (χ3v) is 5.88. The Bertz CT molecular complexity index is 1250. The minimum Gasteiger partial charge on any atom is -0.507 e. The fraction of sp³-hybridized carbons (Fsp3) is 0.214. The van der Waals surface area contributed by atoms with Crippen LogP contribution in [0.4, 0.5) is 4.39 Å². The summed E-state index contributed by atoms with van der Waals surface area (Å²) in [5.41, 5.74) is 3.01. The van der Waals surface area contributed by atoms with Crippen LogP contribution in [-0.4, -0.2) is 42.0 Å². The fourth-order valence-corrected chi connectivity index (χ4v) is 4.13. The first-order valence-electron chi connectivity index (χ1n) is 11.2. The SMILES string of the molecule is COCCN1C(=O)C(=O)C(=C(O)c2ccc(OCc3cccc(C)c3)cc2)[C@H]1c1ccc(F)cc1. The quantitative estimate of drug-likeness (QED) is 0.288. The molecule has 0 radical (unpaired) electrons. The van der Waals surface area contributed by atoms with E-state index < -0.39 is 23.5 Å². The van der Waals surface area contributed by atoms with Crippen molar-refractivity contribution in [3.05, 3.63) is 106 Å². The lowest BCUT2D eigenvalue weighted by Crippen LogP contribution is -2.32. The van der Waals surface area contributed by atoms with Gasteiger partial charge in [-0.2, -0.15) is 0 Å². The van der Waals surface area contributed by atoms with E-state index in [4.69, 9.17) is 9.47 Å². The molecule has 4 rings (SSSR count). The molecule has 0 aliphatic carbocycles. The molecule has 3 aromatic carbocycles. The topological polar surface area (TPSA) is 76.1 Å². The first kappa shape index (κ1) is 24.2. The van der Waals surface area contributed by atoms with Gasteiger partial charge in [-0.25, -0.2) is 4.39 Å². The van der Waals surface area contributed by atoms with Crippen molar-refractivity contribution in [2.24, 2.45) is 0 Å². The number of ketones is 1. The van der Waals surface area contributed by atoms with Gasteiger partial charge in [0.2, 0.25) is 0 Å². The molecule has 1 atom stereocenters. The molecule has 7 heteroatoms. The van der Waals surface area contributed by atoms with Gasteiger partial charge in [0, 0.05) is 19.2 Å². The Balaban J connectivity index is 1.63. The van der Waals surface area contributed by atoms with E-state index in [1.54, 1.807) is 24.3 Å². The number of rotatable bonds is 8. The van der Waals surface area contributed by atoms with Crippen LogP contribution in [0.5, 0.6) is 5.75 Å². The smallest absolute Gasteiger partial charge is 0.295 e. The van der Waals surface area contributed by atoms with Gasteiger partial charge in [0.15, 0.2) is 0 Å².